The third-order valence-corrected chi connectivity index (χ3v) is 4.68. The molecule has 1 fully saturated rings. The molecule has 23 heavy (non-hydrogen) atoms. The van der Waals surface area contributed by atoms with Gasteiger partial charge in [0.1, 0.15) is 5.82 Å². The Bertz CT molecular complexity index is 650. The second-order valence-electron chi connectivity index (χ2n) is 5.30. The highest BCUT2D eigenvalue weighted by Crippen LogP contribution is 2.20. The van der Waals surface area contributed by atoms with Crippen molar-refractivity contribution in [3.8, 4) is 0 Å². The highest BCUT2D eigenvalue weighted by molar-refractivity contribution is 7.12. The normalized spacial score (nSPS) is 14.7. The molecule has 0 spiro atoms. The van der Waals surface area contributed by atoms with E-state index in [0.717, 1.165) is 37.4 Å². The zero-order valence-corrected chi connectivity index (χ0v) is 13.9. The molecule has 1 saturated heterocycles. The van der Waals surface area contributed by atoms with Gasteiger partial charge in [-0.3, -0.25) is 4.79 Å². The Morgan fingerprint density at radius 2 is 2.22 bits per heavy atom. The van der Waals surface area contributed by atoms with Crippen LogP contribution in [0.5, 0.6) is 0 Å². The third-order valence-electron chi connectivity index (χ3n) is 3.72. The fourth-order valence-electron chi connectivity index (χ4n) is 2.55. The molecule has 6 nitrogen and oxygen atoms in total. The van der Waals surface area contributed by atoms with Gasteiger partial charge in [-0.15, -0.1) is 11.3 Å². The van der Waals surface area contributed by atoms with Crippen LogP contribution in [0.4, 0.5) is 11.5 Å². The van der Waals surface area contributed by atoms with Gasteiger partial charge in [0, 0.05) is 38.9 Å². The molecule has 122 valence electrons. The van der Waals surface area contributed by atoms with E-state index < -0.39 is 0 Å². The van der Waals surface area contributed by atoms with Gasteiger partial charge in [-0.2, -0.15) is 0 Å². The molecule has 1 amide bonds. The number of amides is 1. The molecule has 1 aliphatic rings. The van der Waals surface area contributed by atoms with Crippen LogP contribution in [-0.4, -0.2) is 44.2 Å². The molecule has 3 heterocycles. The van der Waals surface area contributed by atoms with Crippen LogP contribution in [0.2, 0.25) is 0 Å². The molecule has 0 bridgehead atoms. The quantitative estimate of drug-likeness (QED) is 0.876. The Morgan fingerprint density at radius 1 is 1.39 bits per heavy atom. The smallest absolute Gasteiger partial charge is 0.267 e. The summed E-state index contributed by atoms with van der Waals surface area (Å²) in [4.78, 5) is 19.7. The number of hydrogen-bond acceptors (Lipinski definition) is 6. The van der Waals surface area contributed by atoms with E-state index in [1.54, 1.807) is 7.11 Å². The second kappa shape index (κ2) is 7.54. The first-order valence-electron chi connectivity index (χ1n) is 7.56. The molecule has 0 unspecified atom stereocenters. The Hall–Kier alpha value is -1.96. The summed E-state index contributed by atoms with van der Waals surface area (Å²) < 4.78 is 5.11. The maximum absolute atomic E-state index is 12.3. The molecule has 0 atom stereocenters. The van der Waals surface area contributed by atoms with E-state index in [4.69, 9.17) is 4.74 Å². The largest absolute Gasteiger partial charge is 0.380 e. The topological polar surface area (TPSA) is 66.5 Å². The van der Waals surface area contributed by atoms with Crippen LogP contribution in [0.1, 0.15) is 15.2 Å². The molecule has 2 N–H and O–H groups in total. The number of piperazine rings is 1. The van der Waals surface area contributed by atoms with Crippen LogP contribution in [0.15, 0.2) is 29.8 Å². The average Bonchev–Trinajstić information content (AvgIpc) is 3.05. The molecule has 3 rings (SSSR count). The lowest BCUT2D eigenvalue weighted by Crippen LogP contribution is -2.43. The number of aromatic nitrogens is 1. The lowest BCUT2D eigenvalue weighted by atomic mass is 10.2. The summed E-state index contributed by atoms with van der Waals surface area (Å²) in [7, 11) is 1.62. The lowest BCUT2D eigenvalue weighted by molar-refractivity contribution is 0.102. The number of carbonyl (C=O) groups excluding carboxylic acids is 1. The van der Waals surface area contributed by atoms with Gasteiger partial charge in [-0.05, 0) is 23.6 Å². The van der Waals surface area contributed by atoms with E-state index in [1.165, 1.54) is 11.3 Å². The Balaban J connectivity index is 1.65. The Labute approximate surface area is 139 Å². The van der Waals surface area contributed by atoms with E-state index in [2.05, 4.69) is 20.5 Å². The fourth-order valence-corrected chi connectivity index (χ4v) is 3.35. The maximum atomic E-state index is 12.3. The minimum atomic E-state index is -0.144. The Morgan fingerprint density at radius 3 is 2.91 bits per heavy atom. The number of pyridine rings is 1. The molecule has 0 saturated carbocycles. The number of nitrogens with one attached hydrogen (secondary N) is 2. The van der Waals surface area contributed by atoms with Crippen molar-refractivity contribution in [1.82, 2.24) is 10.3 Å². The number of hydrogen-bond donors (Lipinski definition) is 2. The van der Waals surface area contributed by atoms with Gasteiger partial charge < -0.3 is 20.3 Å². The van der Waals surface area contributed by atoms with E-state index in [1.807, 2.05) is 29.8 Å². The third kappa shape index (κ3) is 3.87. The highest BCUT2D eigenvalue weighted by atomic mass is 32.1. The first-order valence-corrected chi connectivity index (χ1v) is 8.44. The van der Waals surface area contributed by atoms with Crippen LogP contribution in [0, 0.1) is 0 Å². The first kappa shape index (κ1) is 15.9. The van der Waals surface area contributed by atoms with E-state index >= 15 is 0 Å². The van der Waals surface area contributed by atoms with Crippen molar-refractivity contribution in [3.05, 3.63) is 40.2 Å². The van der Waals surface area contributed by atoms with Crippen molar-refractivity contribution >= 4 is 28.7 Å². The van der Waals surface area contributed by atoms with Crippen LogP contribution < -0.4 is 15.5 Å². The standard InChI is InChI=1S/C16H20N4O2S/c1-22-11-12-4-9-23-15(12)16(21)19-14-3-2-13(10-18-14)20-7-5-17-6-8-20/h2-4,9-10,17H,5-8,11H2,1H3,(H,18,19,21). The van der Waals surface area contributed by atoms with E-state index in [9.17, 15) is 4.79 Å². The number of anilines is 2. The van der Waals surface area contributed by atoms with E-state index in [-0.39, 0.29) is 5.91 Å². The van der Waals surface area contributed by atoms with Crippen molar-refractivity contribution in [1.29, 1.82) is 0 Å². The summed E-state index contributed by atoms with van der Waals surface area (Å²) in [6.45, 7) is 4.35. The molecule has 1 aliphatic heterocycles. The van der Waals surface area contributed by atoms with Crippen molar-refractivity contribution < 1.29 is 9.53 Å². The van der Waals surface area contributed by atoms with Gasteiger partial charge in [-0.25, -0.2) is 4.98 Å². The number of carbonyl (C=O) groups is 1. The minimum absolute atomic E-state index is 0.144. The van der Waals surface area contributed by atoms with Gasteiger partial charge >= 0.3 is 0 Å². The molecule has 0 radical (unpaired) electrons. The van der Waals surface area contributed by atoms with Crippen LogP contribution in [0.25, 0.3) is 0 Å². The van der Waals surface area contributed by atoms with Crippen LogP contribution in [0.3, 0.4) is 0 Å². The number of ether oxygens (including phenoxy) is 1. The number of nitrogens with zero attached hydrogens (tertiary/aromatic N) is 2. The molecular formula is C16H20N4O2S. The number of rotatable bonds is 5. The number of thiophene rings is 1. The van der Waals surface area contributed by atoms with Crippen LogP contribution in [-0.2, 0) is 11.3 Å². The molecule has 0 aromatic carbocycles. The summed E-state index contributed by atoms with van der Waals surface area (Å²) in [6.07, 6.45) is 1.81. The van der Waals surface area contributed by atoms with Gasteiger partial charge in [0.25, 0.3) is 5.91 Å². The SMILES string of the molecule is COCc1ccsc1C(=O)Nc1ccc(N2CCNCC2)cn1. The van der Waals surface area contributed by atoms with Crippen LogP contribution >= 0.6 is 11.3 Å². The van der Waals surface area contributed by atoms with Gasteiger partial charge in [0.15, 0.2) is 0 Å². The molecular weight excluding hydrogens is 312 g/mol. The highest BCUT2D eigenvalue weighted by Gasteiger charge is 2.15. The monoisotopic (exact) mass is 332 g/mol. The zero-order chi connectivity index (χ0) is 16.1. The number of methoxy groups -OCH3 is 1. The van der Waals surface area contributed by atoms with Gasteiger partial charge in [-0.1, -0.05) is 0 Å². The lowest BCUT2D eigenvalue weighted by Gasteiger charge is -2.29. The summed E-state index contributed by atoms with van der Waals surface area (Å²) in [6, 6.07) is 5.75. The molecule has 0 aliphatic carbocycles. The Kier molecular flexibility index (Phi) is 5.22. The van der Waals surface area contributed by atoms with Crippen molar-refractivity contribution in [2.24, 2.45) is 0 Å². The molecule has 7 heteroatoms. The minimum Gasteiger partial charge on any atom is -0.380 e. The van der Waals surface area contributed by atoms with Crippen molar-refractivity contribution in [3.63, 3.8) is 0 Å². The summed E-state index contributed by atoms with van der Waals surface area (Å²) in [5.41, 5.74) is 1.98. The summed E-state index contributed by atoms with van der Waals surface area (Å²) in [5.74, 6) is 0.417. The van der Waals surface area contributed by atoms with Crippen molar-refractivity contribution in [2.75, 3.05) is 43.5 Å². The van der Waals surface area contributed by atoms with Gasteiger partial charge in [0.2, 0.25) is 0 Å². The average molecular weight is 332 g/mol. The summed E-state index contributed by atoms with van der Waals surface area (Å²) >= 11 is 1.41. The fraction of sp³-hybridized carbons (Fsp3) is 0.375. The second-order valence-corrected chi connectivity index (χ2v) is 6.22. The predicted octanol–water partition coefficient (Wildman–Crippen LogP) is 1.95. The first-order chi connectivity index (χ1) is 11.3. The van der Waals surface area contributed by atoms with Crippen molar-refractivity contribution in [2.45, 2.75) is 6.61 Å². The molecule has 2 aromatic heterocycles. The predicted molar refractivity (Wildman–Crippen MR) is 92.3 cm³/mol. The van der Waals surface area contributed by atoms with E-state index in [0.29, 0.717) is 17.3 Å². The molecule has 2 aromatic rings. The maximum Gasteiger partial charge on any atom is 0.267 e. The zero-order valence-electron chi connectivity index (χ0n) is 13.0. The van der Waals surface area contributed by atoms with Gasteiger partial charge in [0.05, 0.1) is 23.4 Å². The summed E-state index contributed by atoms with van der Waals surface area (Å²) in [5, 5.41) is 8.07.